The first kappa shape index (κ1) is 28.0. The topological polar surface area (TPSA) is 166 Å². The first-order valence-electron chi connectivity index (χ1n) is 12.8. The predicted molar refractivity (Wildman–Crippen MR) is 148 cm³/mol. The van der Waals surface area contributed by atoms with Crippen LogP contribution >= 0.6 is 0 Å². The van der Waals surface area contributed by atoms with Crippen LogP contribution in [0.4, 0.5) is 5.69 Å². The van der Waals surface area contributed by atoms with Gasteiger partial charge in [-0.05, 0) is 42.9 Å². The van der Waals surface area contributed by atoms with Gasteiger partial charge in [0.1, 0.15) is 23.8 Å². The minimum absolute atomic E-state index is 0.0603. The van der Waals surface area contributed by atoms with Crippen LogP contribution in [-0.2, 0) is 14.8 Å². The summed E-state index contributed by atoms with van der Waals surface area (Å²) in [4.78, 5) is 33.0. The van der Waals surface area contributed by atoms with Crippen LogP contribution in [0.15, 0.2) is 71.9 Å². The Labute approximate surface area is 235 Å². The third-order valence-electron chi connectivity index (χ3n) is 6.59. The summed E-state index contributed by atoms with van der Waals surface area (Å²) < 4.78 is 45.2. The fraction of sp³-hybridized carbons (Fsp3) is 0.259. The van der Waals surface area contributed by atoms with Crippen molar-refractivity contribution in [2.24, 2.45) is 0 Å². The highest BCUT2D eigenvalue weighted by atomic mass is 32.2. The lowest BCUT2D eigenvalue weighted by molar-refractivity contribution is -0.386. The zero-order valence-corrected chi connectivity index (χ0v) is 22.8. The van der Waals surface area contributed by atoms with Gasteiger partial charge < -0.3 is 19.2 Å². The average molecular weight is 582 g/mol. The molecule has 13 nitrogen and oxygen atoms in total. The van der Waals surface area contributed by atoms with Crippen molar-refractivity contribution in [2.45, 2.75) is 17.9 Å². The summed E-state index contributed by atoms with van der Waals surface area (Å²) in [7, 11) is -4.50. The normalized spacial score (nSPS) is 15.9. The summed E-state index contributed by atoms with van der Waals surface area (Å²) >= 11 is 0. The van der Waals surface area contributed by atoms with Gasteiger partial charge in [0, 0.05) is 24.2 Å². The molecule has 214 valence electrons. The number of carbonyl (C=O) groups is 1. The standard InChI is InChI=1S/C27H27N5O8S/c1-2-31-11-12-38-16-19(31)17-39-25-8-7-21(14-23(25)32(34)35)41(36,37)30-27(33)22-5-3-4-6-24(22)40-20-13-18-9-10-28-26(18)29-15-20/h3-10,13-15,19H,2,11-12,16-17H2,1H3,(H,28,29)(H,30,33). The van der Waals surface area contributed by atoms with E-state index in [1.165, 1.54) is 24.4 Å². The van der Waals surface area contributed by atoms with E-state index in [2.05, 4.69) is 14.9 Å². The van der Waals surface area contributed by atoms with Crippen molar-refractivity contribution in [3.63, 3.8) is 0 Å². The van der Waals surface area contributed by atoms with Crippen molar-refractivity contribution in [3.05, 3.63) is 82.7 Å². The van der Waals surface area contributed by atoms with E-state index in [1.807, 2.05) is 11.6 Å². The number of benzene rings is 2. The maximum Gasteiger partial charge on any atom is 0.312 e. The number of hydrogen-bond donors (Lipinski definition) is 2. The number of likely N-dealkylation sites (N-methyl/N-ethyl adjacent to an activating group) is 1. The van der Waals surface area contributed by atoms with Crippen LogP contribution < -0.4 is 14.2 Å². The number of ether oxygens (including phenoxy) is 3. The van der Waals surface area contributed by atoms with Gasteiger partial charge in [-0.1, -0.05) is 19.1 Å². The minimum Gasteiger partial charge on any atom is -0.485 e. The highest BCUT2D eigenvalue weighted by molar-refractivity contribution is 7.90. The maximum absolute atomic E-state index is 13.1. The third kappa shape index (κ3) is 6.29. The fourth-order valence-corrected chi connectivity index (χ4v) is 5.44. The van der Waals surface area contributed by atoms with Gasteiger partial charge in [-0.15, -0.1) is 0 Å². The molecule has 0 spiro atoms. The number of nitro groups is 1. The van der Waals surface area contributed by atoms with E-state index < -0.39 is 31.4 Å². The molecule has 0 aliphatic carbocycles. The van der Waals surface area contributed by atoms with Crippen molar-refractivity contribution in [2.75, 3.05) is 32.9 Å². The first-order valence-corrected chi connectivity index (χ1v) is 14.2. The largest absolute Gasteiger partial charge is 0.485 e. The van der Waals surface area contributed by atoms with Crippen molar-refractivity contribution in [3.8, 4) is 17.2 Å². The van der Waals surface area contributed by atoms with E-state index in [9.17, 15) is 23.3 Å². The summed E-state index contributed by atoms with van der Waals surface area (Å²) in [5.41, 5.74) is 0.0530. The van der Waals surface area contributed by atoms with E-state index in [0.29, 0.717) is 24.6 Å². The van der Waals surface area contributed by atoms with E-state index >= 15 is 0 Å². The molecule has 2 aromatic heterocycles. The Kier molecular flexibility index (Phi) is 8.14. The maximum atomic E-state index is 13.1. The number of aromatic nitrogens is 2. The Hall–Kier alpha value is -4.53. The van der Waals surface area contributed by atoms with Crippen molar-refractivity contribution in [1.29, 1.82) is 0 Å². The van der Waals surface area contributed by atoms with Crippen LogP contribution in [0.3, 0.4) is 0 Å². The molecule has 5 rings (SSSR count). The van der Waals surface area contributed by atoms with Gasteiger partial charge in [-0.25, -0.2) is 18.1 Å². The molecule has 41 heavy (non-hydrogen) atoms. The molecule has 1 aliphatic heterocycles. The lowest BCUT2D eigenvalue weighted by Gasteiger charge is -2.34. The molecule has 14 heteroatoms. The molecule has 1 unspecified atom stereocenters. The molecule has 0 saturated carbocycles. The van der Waals surface area contributed by atoms with Gasteiger partial charge in [-0.2, -0.15) is 0 Å². The first-order chi connectivity index (χ1) is 19.7. The molecule has 2 N–H and O–H groups in total. The number of nitro benzene ring substituents is 1. The molecule has 4 aromatic rings. The number of nitrogens with zero attached hydrogens (tertiary/aromatic N) is 3. The summed E-state index contributed by atoms with van der Waals surface area (Å²) in [5.74, 6) is -0.627. The van der Waals surface area contributed by atoms with Gasteiger partial charge >= 0.3 is 5.69 Å². The van der Waals surface area contributed by atoms with Crippen LogP contribution in [0.25, 0.3) is 11.0 Å². The van der Waals surface area contributed by atoms with E-state index in [4.69, 9.17) is 14.2 Å². The Morgan fingerprint density at radius 1 is 1.22 bits per heavy atom. The van der Waals surface area contributed by atoms with E-state index in [-0.39, 0.29) is 29.7 Å². The molecule has 0 radical (unpaired) electrons. The molecular formula is C27H27N5O8S. The SMILES string of the molecule is CCN1CCOCC1COc1ccc(S(=O)(=O)NC(=O)c2ccccc2Oc2cnc3[nH]ccc3c2)cc1[N+](=O)[O-]. The Balaban J connectivity index is 1.33. The highest BCUT2D eigenvalue weighted by Gasteiger charge is 2.27. The van der Waals surface area contributed by atoms with Crippen LogP contribution in [0.2, 0.25) is 0 Å². The third-order valence-corrected chi connectivity index (χ3v) is 7.91. The number of H-pyrrole nitrogens is 1. The second kappa shape index (κ2) is 11.9. The van der Waals surface area contributed by atoms with Gasteiger partial charge in [0.15, 0.2) is 5.75 Å². The monoisotopic (exact) mass is 581 g/mol. The van der Waals surface area contributed by atoms with E-state index in [1.54, 1.807) is 30.5 Å². The summed E-state index contributed by atoms with van der Waals surface area (Å²) in [6, 6.07) is 12.7. The minimum atomic E-state index is -4.50. The Bertz CT molecular complexity index is 1690. The Morgan fingerprint density at radius 2 is 2.05 bits per heavy atom. The smallest absolute Gasteiger partial charge is 0.312 e. The number of para-hydroxylation sites is 1. The predicted octanol–water partition coefficient (Wildman–Crippen LogP) is 3.48. The number of nitrogens with one attached hydrogen (secondary N) is 2. The second-order valence-electron chi connectivity index (χ2n) is 9.17. The van der Waals surface area contributed by atoms with Crippen LogP contribution in [0.1, 0.15) is 17.3 Å². The molecule has 1 atom stereocenters. The van der Waals surface area contributed by atoms with Crippen LogP contribution in [0, 0.1) is 10.1 Å². The van der Waals surface area contributed by atoms with Gasteiger partial charge in [0.2, 0.25) is 0 Å². The van der Waals surface area contributed by atoms with Crippen molar-refractivity contribution in [1.82, 2.24) is 19.6 Å². The lowest BCUT2D eigenvalue weighted by Crippen LogP contribution is -2.48. The van der Waals surface area contributed by atoms with Gasteiger partial charge in [0.25, 0.3) is 15.9 Å². The summed E-state index contributed by atoms with van der Waals surface area (Å²) in [6.45, 7) is 4.63. The zero-order valence-electron chi connectivity index (χ0n) is 22.0. The number of amides is 1. The molecule has 1 saturated heterocycles. The van der Waals surface area contributed by atoms with Gasteiger partial charge in [0.05, 0.1) is 40.8 Å². The highest BCUT2D eigenvalue weighted by Crippen LogP contribution is 2.31. The average Bonchev–Trinajstić information content (AvgIpc) is 3.44. The number of fused-ring (bicyclic) bond motifs is 1. The Morgan fingerprint density at radius 3 is 2.85 bits per heavy atom. The quantitative estimate of drug-likeness (QED) is 0.209. The van der Waals surface area contributed by atoms with Gasteiger partial charge in [-0.3, -0.25) is 19.8 Å². The molecular weight excluding hydrogens is 554 g/mol. The van der Waals surface area contributed by atoms with Crippen molar-refractivity contribution < 1.29 is 32.3 Å². The molecule has 2 aromatic carbocycles. The van der Waals surface area contributed by atoms with Crippen LogP contribution in [-0.4, -0.2) is 73.1 Å². The summed E-state index contributed by atoms with van der Waals surface area (Å²) in [5, 5.41) is 12.6. The zero-order chi connectivity index (χ0) is 29.0. The summed E-state index contributed by atoms with van der Waals surface area (Å²) in [6.07, 6.45) is 3.19. The molecule has 0 bridgehead atoms. The number of aromatic amines is 1. The number of rotatable bonds is 10. The molecule has 1 amide bonds. The fourth-order valence-electron chi connectivity index (χ4n) is 4.46. The lowest BCUT2D eigenvalue weighted by atomic mass is 10.2. The second-order valence-corrected chi connectivity index (χ2v) is 10.9. The van der Waals surface area contributed by atoms with Crippen LogP contribution in [0.5, 0.6) is 17.2 Å². The van der Waals surface area contributed by atoms with E-state index in [0.717, 1.165) is 30.6 Å². The molecule has 1 aliphatic rings. The number of morpholine rings is 1. The number of hydrogen-bond acceptors (Lipinski definition) is 10. The number of carbonyl (C=O) groups excluding carboxylic acids is 1. The van der Waals surface area contributed by atoms with Crippen molar-refractivity contribution >= 4 is 32.7 Å². The molecule has 3 heterocycles. The molecule has 1 fully saturated rings. The number of pyridine rings is 1. The number of sulfonamides is 1.